The van der Waals surface area contributed by atoms with Crippen LogP contribution in [0.15, 0.2) is 18.2 Å². The molecule has 0 saturated heterocycles. The second-order valence-corrected chi connectivity index (χ2v) is 2.48. The number of nitrogens with one attached hydrogen (secondary N) is 1. The van der Waals surface area contributed by atoms with Gasteiger partial charge < -0.3 is 11.1 Å². The first-order valence-corrected chi connectivity index (χ1v) is 3.92. The van der Waals surface area contributed by atoms with Gasteiger partial charge in [-0.25, -0.2) is 4.39 Å². The van der Waals surface area contributed by atoms with E-state index in [1.807, 2.05) is 6.07 Å². The van der Waals surface area contributed by atoms with Crippen molar-refractivity contribution in [2.45, 2.75) is 13.1 Å². The van der Waals surface area contributed by atoms with Crippen molar-refractivity contribution in [3.63, 3.8) is 0 Å². The Morgan fingerprint density at radius 2 is 2.08 bits per heavy atom. The Morgan fingerprint density at radius 3 is 2.75 bits per heavy atom. The van der Waals surface area contributed by atoms with E-state index in [2.05, 4.69) is 11.1 Å². The molecular weight excluding hydrogens is 155 g/mol. The number of rotatable bonds is 0. The van der Waals surface area contributed by atoms with Crippen molar-refractivity contribution in [1.82, 2.24) is 5.32 Å². The zero-order chi connectivity index (χ0) is 8.97. The van der Waals surface area contributed by atoms with Crippen molar-refractivity contribution in [2.24, 2.45) is 5.73 Å². The van der Waals surface area contributed by atoms with Crippen molar-refractivity contribution in [3.05, 3.63) is 35.1 Å². The third kappa shape index (κ3) is 1.62. The Kier molecular flexibility index (Phi) is 3.19. The van der Waals surface area contributed by atoms with Gasteiger partial charge in [-0.1, -0.05) is 12.1 Å². The van der Waals surface area contributed by atoms with Crippen LogP contribution >= 0.6 is 0 Å². The molecule has 0 atom stereocenters. The van der Waals surface area contributed by atoms with Crippen molar-refractivity contribution in [1.29, 1.82) is 0 Å². The van der Waals surface area contributed by atoms with Crippen LogP contribution in [-0.2, 0) is 13.1 Å². The van der Waals surface area contributed by atoms with Crippen LogP contribution in [0.3, 0.4) is 0 Å². The van der Waals surface area contributed by atoms with E-state index < -0.39 is 0 Å². The summed E-state index contributed by atoms with van der Waals surface area (Å²) in [4.78, 5) is 0. The number of nitrogens with two attached hydrogens (primary N) is 1. The molecule has 2 nitrogen and oxygen atoms in total. The molecule has 1 aliphatic rings. The van der Waals surface area contributed by atoms with E-state index in [9.17, 15) is 4.39 Å². The highest BCUT2D eigenvalue weighted by molar-refractivity contribution is 5.31. The van der Waals surface area contributed by atoms with Crippen LogP contribution in [0.25, 0.3) is 0 Å². The highest BCUT2D eigenvalue weighted by Gasteiger charge is 2.12. The van der Waals surface area contributed by atoms with Gasteiger partial charge in [0, 0.05) is 18.7 Å². The summed E-state index contributed by atoms with van der Waals surface area (Å²) in [6, 6.07) is 5.21. The zero-order valence-corrected chi connectivity index (χ0v) is 7.10. The molecule has 1 aromatic rings. The second-order valence-electron chi connectivity index (χ2n) is 2.48. The van der Waals surface area contributed by atoms with Gasteiger partial charge in [0.2, 0.25) is 0 Å². The summed E-state index contributed by atoms with van der Waals surface area (Å²) in [5.41, 5.74) is 6.43. The minimum atomic E-state index is -0.0810. The highest BCUT2D eigenvalue weighted by Crippen LogP contribution is 2.17. The Labute approximate surface area is 71.6 Å². The van der Waals surface area contributed by atoms with Gasteiger partial charge in [-0.2, -0.15) is 0 Å². The predicted octanol–water partition coefficient (Wildman–Crippen LogP) is 1.00. The number of benzene rings is 1. The molecule has 2 rings (SSSR count). The molecule has 0 aromatic heterocycles. The smallest absolute Gasteiger partial charge is 0.128 e. The van der Waals surface area contributed by atoms with Gasteiger partial charge in [-0.3, -0.25) is 0 Å². The lowest BCUT2D eigenvalue weighted by atomic mass is 10.1. The molecule has 1 aliphatic heterocycles. The molecule has 0 fully saturated rings. The van der Waals surface area contributed by atoms with Gasteiger partial charge >= 0.3 is 0 Å². The van der Waals surface area contributed by atoms with Crippen LogP contribution in [-0.4, -0.2) is 7.05 Å². The predicted molar refractivity (Wildman–Crippen MR) is 47.1 cm³/mol. The maximum Gasteiger partial charge on any atom is 0.128 e. The summed E-state index contributed by atoms with van der Waals surface area (Å²) in [5.74, 6) is -0.0810. The zero-order valence-electron chi connectivity index (χ0n) is 7.10. The third-order valence-electron chi connectivity index (χ3n) is 1.83. The Bertz CT molecular complexity index is 261. The molecule has 0 bridgehead atoms. The van der Waals surface area contributed by atoms with Gasteiger partial charge in [-0.15, -0.1) is 0 Å². The highest BCUT2D eigenvalue weighted by atomic mass is 19.1. The van der Waals surface area contributed by atoms with Gasteiger partial charge in [0.1, 0.15) is 5.82 Å². The average Bonchev–Trinajstić information content (AvgIpc) is 2.57. The van der Waals surface area contributed by atoms with E-state index in [0.717, 1.165) is 17.7 Å². The van der Waals surface area contributed by atoms with E-state index in [4.69, 9.17) is 0 Å². The molecule has 66 valence electrons. The lowest BCUT2D eigenvalue weighted by molar-refractivity contribution is 0.608. The lowest BCUT2D eigenvalue weighted by Gasteiger charge is -1.96. The van der Waals surface area contributed by atoms with Crippen LogP contribution in [0.5, 0.6) is 0 Å². The minimum absolute atomic E-state index is 0.0810. The summed E-state index contributed by atoms with van der Waals surface area (Å²) in [6.07, 6.45) is 0. The standard InChI is InChI=1S/C8H8FN.CH5N/c9-8-3-1-2-6-4-10-5-7(6)8;1-2/h1-3,10H,4-5H2;2H2,1H3. The molecule has 0 radical (unpaired) electrons. The molecule has 0 aliphatic carbocycles. The van der Waals surface area contributed by atoms with Gasteiger partial charge in [0.05, 0.1) is 0 Å². The monoisotopic (exact) mass is 168 g/mol. The first-order chi connectivity index (χ1) is 5.88. The number of hydrogen-bond donors (Lipinski definition) is 2. The number of halogens is 1. The fourth-order valence-electron chi connectivity index (χ4n) is 1.29. The first kappa shape index (κ1) is 9.16. The second kappa shape index (κ2) is 4.18. The van der Waals surface area contributed by atoms with Crippen LogP contribution in [0.2, 0.25) is 0 Å². The summed E-state index contributed by atoms with van der Waals surface area (Å²) >= 11 is 0. The van der Waals surface area contributed by atoms with Crippen LogP contribution in [0.4, 0.5) is 4.39 Å². The maximum atomic E-state index is 12.9. The van der Waals surface area contributed by atoms with E-state index in [-0.39, 0.29) is 5.82 Å². The quantitative estimate of drug-likeness (QED) is 0.606. The van der Waals surface area contributed by atoms with E-state index >= 15 is 0 Å². The van der Waals surface area contributed by atoms with Gasteiger partial charge in [-0.05, 0) is 18.7 Å². The molecule has 1 heterocycles. The Morgan fingerprint density at radius 1 is 1.33 bits per heavy atom. The van der Waals surface area contributed by atoms with Crippen molar-refractivity contribution in [3.8, 4) is 0 Å². The first-order valence-electron chi connectivity index (χ1n) is 3.92. The molecule has 12 heavy (non-hydrogen) atoms. The van der Waals surface area contributed by atoms with Gasteiger partial charge in [0.15, 0.2) is 0 Å². The molecular formula is C9H13FN2. The summed E-state index contributed by atoms with van der Waals surface area (Å²) < 4.78 is 12.9. The topological polar surface area (TPSA) is 38.0 Å². The summed E-state index contributed by atoms with van der Waals surface area (Å²) in [5, 5.41) is 3.09. The van der Waals surface area contributed by atoms with Crippen molar-refractivity contribution < 1.29 is 4.39 Å². The SMILES string of the molecule is CN.Fc1cccc2c1CNC2. The number of hydrogen-bond acceptors (Lipinski definition) is 2. The largest absolute Gasteiger partial charge is 0.333 e. The fourth-order valence-corrected chi connectivity index (χ4v) is 1.29. The lowest BCUT2D eigenvalue weighted by Crippen LogP contribution is -2.00. The summed E-state index contributed by atoms with van der Waals surface area (Å²) in [7, 11) is 1.50. The average molecular weight is 168 g/mol. The molecule has 1 aromatic carbocycles. The van der Waals surface area contributed by atoms with Crippen LogP contribution < -0.4 is 11.1 Å². The fraction of sp³-hybridized carbons (Fsp3) is 0.333. The Balaban J connectivity index is 0.000000336. The molecule has 3 heteroatoms. The van der Waals surface area contributed by atoms with Crippen LogP contribution in [0.1, 0.15) is 11.1 Å². The van der Waals surface area contributed by atoms with E-state index in [1.54, 1.807) is 6.07 Å². The molecule has 0 amide bonds. The molecule has 0 saturated carbocycles. The molecule has 0 spiro atoms. The minimum Gasteiger partial charge on any atom is -0.333 e. The Hall–Kier alpha value is -0.930. The van der Waals surface area contributed by atoms with Crippen LogP contribution in [0, 0.1) is 5.82 Å². The summed E-state index contributed by atoms with van der Waals surface area (Å²) in [6.45, 7) is 1.50. The van der Waals surface area contributed by atoms with Gasteiger partial charge in [0.25, 0.3) is 0 Å². The van der Waals surface area contributed by atoms with Crippen molar-refractivity contribution >= 4 is 0 Å². The molecule has 3 N–H and O–H groups in total. The third-order valence-corrected chi connectivity index (χ3v) is 1.83. The van der Waals surface area contributed by atoms with E-state index in [0.29, 0.717) is 6.54 Å². The normalized spacial score (nSPS) is 13.2. The molecule has 0 unspecified atom stereocenters. The van der Waals surface area contributed by atoms with Crippen molar-refractivity contribution in [2.75, 3.05) is 7.05 Å². The number of fused-ring (bicyclic) bond motifs is 1. The van der Waals surface area contributed by atoms with E-state index in [1.165, 1.54) is 13.1 Å². The maximum absolute atomic E-state index is 12.9.